The SMILES string of the molecule is Cc1ccccc1/C=C/c1nc(SC(C)C(=O)NCc2ccccc2)n[nH]1. The van der Waals surface area contributed by atoms with E-state index < -0.39 is 0 Å². The standard InChI is InChI=1S/C21H22N4OS/c1-15-8-6-7-11-18(15)12-13-19-23-21(25-24-19)27-16(2)20(26)22-14-17-9-4-3-5-10-17/h3-13,16H,14H2,1-2H3,(H,22,26)(H,23,24,25)/b13-12+. The Morgan fingerprint density at radius 2 is 1.89 bits per heavy atom. The van der Waals surface area contributed by atoms with Gasteiger partial charge in [-0.15, -0.1) is 5.10 Å². The summed E-state index contributed by atoms with van der Waals surface area (Å²) in [5, 5.41) is 10.3. The maximum atomic E-state index is 12.3. The molecule has 0 saturated carbocycles. The summed E-state index contributed by atoms with van der Waals surface area (Å²) in [7, 11) is 0. The lowest BCUT2D eigenvalue weighted by molar-refractivity contribution is -0.120. The summed E-state index contributed by atoms with van der Waals surface area (Å²) in [5.41, 5.74) is 3.41. The zero-order chi connectivity index (χ0) is 19.1. The maximum absolute atomic E-state index is 12.3. The highest BCUT2D eigenvalue weighted by atomic mass is 32.2. The van der Waals surface area contributed by atoms with E-state index >= 15 is 0 Å². The van der Waals surface area contributed by atoms with Gasteiger partial charge >= 0.3 is 0 Å². The molecule has 2 N–H and O–H groups in total. The van der Waals surface area contributed by atoms with Crippen LogP contribution in [0.1, 0.15) is 29.4 Å². The Kier molecular flexibility index (Phi) is 6.44. The monoisotopic (exact) mass is 378 g/mol. The highest BCUT2D eigenvalue weighted by Crippen LogP contribution is 2.20. The molecule has 1 amide bonds. The van der Waals surface area contributed by atoms with Crippen molar-refractivity contribution in [3.05, 3.63) is 77.1 Å². The predicted octanol–water partition coefficient (Wildman–Crippen LogP) is 4.08. The fourth-order valence-electron chi connectivity index (χ4n) is 2.47. The highest BCUT2D eigenvalue weighted by molar-refractivity contribution is 8.00. The van der Waals surface area contributed by atoms with Gasteiger partial charge < -0.3 is 5.32 Å². The van der Waals surface area contributed by atoms with Crippen LogP contribution in [0.4, 0.5) is 0 Å². The van der Waals surface area contributed by atoms with Gasteiger partial charge in [-0.3, -0.25) is 9.89 Å². The number of carbonyl (C=O) groups is 1. The second-order valence-electron chi connectivity index (χ2n) is 6.16. The number of nitrogens with zero attached hydrogens (tertiary/aromatic N) is 2. The number of aromatic nitrogens is 3. The van der Waals surface area contributed by atoms with Crippen LogP contribution >= 0.6 is 11.8 Å². The number of aromatic amines is 1. The van der Waals surface area contributed by atoms with Gasteiger partial charge in [-0.05, 0) is 36.6 Å². The van der Waals surface area contributed by atoms with Crippen LogP contribution < -0.4 is 5.32 Å². The molecule has 0 saturated heterocycles. The molecule has 1 aromatic heterocycles. The quantitative estimate of drug-likeness (QED) is 0.608. The van der Waals surface area contributed by atoms with Crippen LogP contribution in [-0.2, 0) is 11.3 Å². The van der Waals surface area contributed by atoms with Crippen LogP contribution in [0.25, 0.3) is 12.2 Å². The fraction of sp³-hybridized carbons (Fsp3) is 0.190. The Morgan fingerprint density at radius 3 is 2.67 bits per heavy atom. The molecule has 0 aliphatic heterocycles. The summed E-state index contributed by atoms with van der Waals surface area (Å²) in [6.45, 7) is 4.43. The van der Waals surface area contributed by atoms with E-state index in [9.17, 15) is 4.79 Å². The molecule has 1 atom stereocenters. The molecule has 0 radical (unpaired) electrons. The minimum absolute atomic E-state index is 0.0364. The number of aryl methyl sites for hydroxylation is 1. The number of nitrogens with one attached hydrogen (secondary N) is 2. The Hall–Kier alpha value is -2.86. The molecule has 0 spiro atoms. The van der Waals surface area contributed by atoms with Crippen molar-refractivity contribution in [2.24, 2.45) is 0 Å². The summed E-state index contributed by atoms with van der Waals surface area (Å²) in [5.74, 6) is 0.628. The normalized spacial score (nSPS) is 12.2. The Labute approximate surface area is 163 Å². The number of thioether (sulfide) groups is 1. The van der Waals surface area contributed by atoms with E-state index in [-0.39, 0.29) is 11.2 Å². The van der Waals surface area contributed by atoms with Gasteiger partial charge in [-0.1, -0.05) is 72.4 Å². The van der Waals surface area contributed by atoms with Crippen molar-refractivity contribution >= 4 is 29.8 Å². The molecule has 5 nitrogen and oxygen atoms in total. The topological polar surface area (TPSA) is 70.7 Å². The first-order valence-electron chi connectivity index (χ1n) is 8.76. The van der Waals surface area contributed by atoms with E-state index in [1.807, 2.05) is 61.5 Å². The zero-order valence-corrected chi connectivity index (χ0v) is 16.2. The third-order valence-electron chi connectivity index (χ3n) is 4.05. The molecule has 2 aromatic carbocycles. The van der Waals surface area contributed by atoms with Gasteiger partial charge in [-0.2, -0.15) is 0 Å². The lowest BCUT2D eigenvalue weighted by Crippen LogP contribution is -2.30. The average molecular weight is 379 g/mol. The van der Waals surface area contributed by atoms with Crippen LogP contribution in [-0.4, -0.2) is 26.3 Å². The Bertz CT molecular complexity index is 921. The molecule has 0 fully saturated rings. The predicted molar refractivity (Wildman–Crippen MR) is 110 cm³/mol. The van der Waals surface area contributed by atoms with Gasteiger partial charge in [0.05, 0.1) is 5.25 Å². The molecular formula is C21H22N4OS. The molecule has 138 valence electrons. The van der Waals surface area contributed by atoms with Crippen molar-refractivity contribution in [3.8, 4) is 0 Å². The number of hydrogen-bond donors (Lipinski definition) is 2. The van der Waals surface area contributed by atoms with Crippen molar-refractivity contribution in [2.75, 3.05) is 0 Å². The van der Waals surface area contributed by atoms with Gasteiger partial charge in [-0.25, -0.2) is 4.98 Å². The fourth-order valence-corrected chi connectivity index (χ4v) is 3.22. The first kappa shape index (κ1) is 18.9. The second kappa shape index (κ2) is 9.19. The second-order valence-corrected chi connectivity index (χ2v) is 7.46. The van der Waals surface area contributed by atoms with E-state index in [0.717, 1.165) is 11.1 Å². The Balaban J connectivity index is 1.53. The molecule has 0 bridgehead atoms. The van der Waals surface area contributed by atoms with Gasteiger partial charge in [0.1, 0.15) is 5.82 Å². The molecule has 27 heavy (non-hydrogen) atoms. The van der Waals surface area contributed by atoms with Crippen molar-refractivity contribution in [3.63, 3.8) is 0 Å². The molecule has 3 rings (SSSR count). The summed E-state index contributed by atoms with van der Waals surface area (Å²) < 4.78 is 0. The summed E-state index contributed by atoms with van der Waals surface area (Å²) in [6, 6.07) is 18.0. The molecule has 1 heterocycles. The van der Waals surface area contributed by atoms with Crippen molar-refractivity contribution in [1.82, 2.24) is 20.5 Å². The van der Waals surface area contributed by atoms with Crippen LogP contribution in [0.5, 0.6) is 0 Å². The van der Waals surface area contributed by atoms with Crippen molar-refractivity contribution < 1.29 is 4.79 Å². The van der Waals surface area contributed by atoms with Gasteiger partial charge in [0.25, 0.3) is 0 Å². The summed E-state index contributed by atoms with van der Waals surface area (Å²) in [6.07, 6.45) is 3.89. The third kappa shape index (κ3) is 5.56. The van der Waals surface area contributed by atoms with Gasteiger partial charge in [0, 0.05) is 6.54 Å². The highest BCUT2D eigenvalue weighted by Gasteiger charge is 2.16. The van der Waals surface area contributed by atoms with E-state index in [1.54, 1.807) is 0 Å². The zero-order valence-electron chi connectivity index (χ0n) is 15.3. The number of amides is 1. The first-order chi connectivity index (χ1) is 13.1. The number of benzene rings is 2. The van der Waals surface area contributed by atoms with Gasteiger partial charge in [0.15, 0.2) is 0 Å². The number of H-pyrrole nitrogens is 1. The molecule has 0 aliphatic carbocycles. The smallest absolute Gasteiger partial charge is 0.233 e. The molecule has 0 aliphatic rings. The lowest BCUT2D eigenvalue weighted by Gasteiger charge is -2.10. The van der Waals surface area contributed by atoms with Crippen LogP contribution in [0.3, 0.4) is 0 Å². The number of carbonyl (C=O) groups excluding carboxylic acids is 1. The van der Waals surface area contributed by atoms with Crippen LogP contribution in [0.2, 0.25) is 0 Å². The van der Waals surface area contributed by atoms with E-state index in [1.165, 1.54) is 17.3 Å². The van der Waals surface area contributed by atoms with Crippen molar-refractivity contribution in [2.45, 2.75) is 30.8 Å². The summed E-state index contributed by atoms with van der Waals surface area (Å²) >= 11 is 1.33. The van der Waals surface area contributed by atoms with Crippen molar-refractivity contribution in [1.29, 1.82) is 0 Å². The molecule has 1 unspecified atom stereocenters. The first-order valence-corrected chi connectivity index (χ1v) is 9.64. The number of hydrogen-bond acceptors (Lipinski definition) is 4. The minimum atomic E-state index is -0.280. The maximum Gasteiger partial charge on any atom is 0.233 e. The van der Waals surface area contributed by atoms with E-state index in [4.69, 9.17) is 0 Å². The third-order valence-corrected chi connectivity index (χ3v) is 5.01. The van der Waals surface area contributed by atoms with E-state index in [2.05, 4.69) is 39.6 Å². The largest absolute Gasteiger partial charge is 0.351 e. The lowest BCUT2D eigenvalue weighted by atomic mass is 10.1. The minimum Gasteiger partial charge on any atom is -0.351 e. The summed E-state index contributed by atoms with van der Waals surface area (Å²) in [4.78, 5) is 16.7. The van der Waals surface area contributed by atoms with Gasteiger partial charge in [0.2, 0.25) is 11.1 Å². The number of rotatable bonds is 7. The Morgan fingerprint density at radius 1 is 1.15 bits per heavy atom. The van der Waals surface area contributed by atoms with Crippen LogP contribution in [0.15, 0.2) is 59.8 Å². The molecule has 3 aromatic rings. The molecular weight excluding hydrogens is 356 g/mol. The van der Waals surface area contributed by atoms with E-state index in [0.29, 0.717) is 17.5 Å². The average Bonchev–Trinajstić information content (AvgIpc) is 3.13. The molecule has 6 heteroatoms. The van der Waals surface area contributed by atoms with Crippen LogP contribution in [0, 0.1) is 6.92 Å².